The molecule has 0 heterocycles. The van der Waals surface area contributed by atoms with Crippen molar-refractivity contribution in [2.24, 2.45) is 0 Å². The molecule has 160 valence electrons. The molecule has 2 aromatic carbocycles. The molecule has 0 saturated carbocycles. The van der Waals surface area contributed by atoms with Gasteiger partial charge in [-0.3, -0.25) is 0 Å². The van der Waals surface area contributed by atoms with Gasteiger partial charge in [0.25, 0.3) is 0 Å². The molecule has 0 saturated heterocycles. The Morgan fingerprint density at radius 2 is 1.27 bits per heavy atom. The molecule has 1 aliphatic rings. The molecular weight excluding hydrogens is 467 g/mol. The third-order valence-corrected chi connectivity index (χ3v) is 6.72. The predicted molar refractivity (Wildman–Crippen MR) is 112 cm³/mol. The fraction of sp³-hybridized carbons (Fsp3) is 0.385. The zero-order valence-electron chi connectivity index (χ0n) is 17.9. The van der Waals surface area contributed by atoms with Crippen molar-refractivity contribution >= 4 is 0 Å². The zero-order chi connectivity index (χ0) is 19.1. The molecule has 3 rings (SSSR count). The third kappa shape index (κ3) is 6.27. The van der Waals surface area contributed by atoms with Crippen molar-refractivity contribution in [3.05, 3.63) is 92.9 Å². The Bertz CT molecular complexity index is 758. The summed E-state index contributed by atoms with van der Waals surface area (Å²) in [5.74, 6) is 0. The molecule has 30 heavy (non-hydrogen) atoms. The first kappa shape index (κ1) is 29.5. The maximum Gasteiger partial charge on any atom is -1.00 e. The van der Waals surface area contributed by atoms with E-state index in [1.54, 1.807) is 11.1 Å². The number of allylic oxidation sites excluding steroid dienone is 4. The van der Waals surface area contributed by atoms with Crippen LogP contribution in [0.1, 0.15) is 69.9 Å². The molecule has 0 aromatic heterocycles. The van der Waals surface area contributed by atoms with Crippen molar-refractivity contribution in [1.82, 2.24) is 0 Å². The minimum Gasteiger partial charge on any atom is -1.00 e. The van der Waals surface area contributed by atoms with Gasteiger partial charge in [-0.05, 0) is 0 Å². The van der Waals surface area contributed by atoms with Gasteiger partial charge in [-0.2, -0.15) is 0 Å². The molecule has 0 amide bonds. The van der Waals surface area contributed by atoms with E-state index in [2.05, 4.69) is 101 Å². The summed E-state index contributed by atoms with van der Waals surface area (Å²) in [5, 5.41) is 0. The van der Waals surface area contributed by atoms with Crippen molar-refractivity contribution in [2.75, 3.05) is 0 Å². The van der Waals surface area contributed by atoms with Gasteiger partial charge >= 0.3 is 178 Å². The van der Waals surface area contributed by atoms with E-state index in [1.807, 2.05) is 0 Å². The Balaban J connectivity index is 0.00000280. The number of hydrogen-bond acceptors (Lipinski definition) is 0. The van der Waals surface area contributed by atoms with Gasteiger partial charge in [-0.25, -0.2) is 0 Å². The van der Waals surface area contributed by atoms with E-state index >= 15 is 0 Å². The second kappa shape index (κ2) is 14.5. The van der Waals surface area contributed by atoms with Crippen LogP contribution in [0.15, 0.2) is 81.8 Å². The van der Waals surface area contributed by atoms with Gasteiger partial charge in [0, 0.05) is 0 Å². The summed E-state index contributed by atoms with van der Waals surface area (Å²) in [4.78, 5) is 0. The summed E-state index contributed by atoms with van der Waals surface area (Å²) < 4.78 is 1.51. The molecule has 0 atom stereocenters. The maximum absolute atomic E-state index is 2.47. The van der Waals surface area contributed by atoms with Crippen molar-refractivity contribution in [3.63, 3.8) is 0 Å². The summed E-state index contributed by atoms with van der Waals surface area (Å²) in [7, 11) is 0. The normalized spacial score (nSPS) is 13.1. The van der Waals surface area contributed by atoms with Crippen LogP contribution in [0.5, 0.6) is 0 Å². The number of hydrogen-bond donors (Lipinski definition) is 0. The van der Waals surface area contributed by atoms with Crippen LogP contribution < -0.4 is 37.2 Å². The first-order chi connectivity index (χ1) is 13.2. The summed E-state index contributed by atoms with van der Waals surface area (Å²) in [6, 6.07) is 22.5. The van der Waals surface area contributed by atoms with Crippen LogP contribution in [0, 0.1) is 0 Å². The van der Waals surface area contributed by atoms with E-state index in [4.69, 9.17) is 0 Å². The number of rotatable bonds is 9. The van der Waals surface area contributed by atoms with Crippen LogP contribution in [-0.4, -0.2) is 0 Å². The van der Waals surface area contributed by atoms with E-state index in [0.717, 1.165) is 6.42 Å². The van der Waals surface area contributed by atoms with Gasteiger partial charge in [0.2, 0.25) is 0 Å². The van der Waals surface area contributed by atoms with Crippen molar-refractivity contribution in [3.8, 4) is 0 Å². The van der Waals surface area contributed by atoms with Crippen LogP contribution in [0.25, 0.3) is 0 Å². The van der Waals surface area contributed by atoms with Crippen molar-refractivity contribution in [1.29, 1.82) is 0 Å². The molecule has 0 radical (unpaired) electrons. The van der Waals surface area contributed by atoms with Crippen LogP contribution >= 0.6 is 0 Å². The summed E-state index contributed by atoms with van der Waals surface area (Å²) >= 11 is 2.32. The molecular formula is C26H31Cl3Ti. The molecule has 0 unspecified atom stereocenters. The fourth-order valence-electron chi connectivity index (χ4n) is 4.53. The van der Waals surface area contributed by atoms with Gasteiger partial charge in [0.15, 0.2) is 0 Å². The maximum atomic E-state index is 2.47. The Morgan fingerprint density at radius 1 is 0.767 bits per heavy atom. The third-order valence-electron chi connectivity index (χ3n) is 5.93. The number of halogens is 3. The predicted octanol–water partition coefficient (Wildman–Crippen LogP) is -1.50. The van der Waals surface area contributed by atoms with E-state index in [1.165, 1.54) is 53.5 Å². The van der Waals surface area contributed by atoms with Gasteiger partial charge in [0.05, 0.1) is 0 Å². The summed E-state index contributed by atoms with van der Waals surface area (Å²) in [6.07, 6.45) is 11.0. The zero-order valence-corrected chi connectivity index (χ0v) is 21.8. The van der Waals surface area contributed by atoms with E-state index in [0.29, 0.717) is 0 Å². The van der Waals surface area contributed by atoms with Gasteiger partial charge < -0.3 is 37.2 Å². The molecule has 2 aromatic rings. The second-order valence-electron chi connectivity index (χ2n) is 7.62. The minimum atomic E-state index is -0.00410. The van der Waals surface area contributed by atoms with Crippen LogP contribution in [0.2, 0.25) is 0 Å². The first-order valence-electron chi connectivity index (χ1n) is 10.5. The Labute approximate surface area is 213 Å². The average molecular weight is 498 g/mol. The monoisotopic (exact) mass is 496 g/mol. The molecule has 0 bridgehead atoms. The van der Waals surface area contributed by atoms with Crippen LogP contribution in [-0.2, 0) is 25.9 Å². The second-order valence-corrected chi connectivity index (χ2v) is 8.46. The van der Waals surface area contributed by atoms with E-state index < -0.39 is 0 Å². The van der Waals surface area contributed by atoms with E-state index in [9.17, 15) is 0 Å². The van der Waals surface area contributed by atoms with Crippen LogP contribution in [0.3, 0.4) is 0 Å². The van der Waals surface area contributed by atoms with Gasteiger partial charge in [0.1, 0.15) is 0 Å². The SMILES string of the molecule is CCCCC1=C(C(CCCC)(c2ccccc2)c2ccccc2)CC=[C]1[Ti+3].[Cl-].[Cl-].[Cl-]. The van der Waals surface area contributed by atoms with Crippen molar-refractivity contribution < 1.29 is 57.7 Å². The largest absolute Gasteiger partial charge is 1.00 e. The Kier molecular flexibility index (Phi) is 14.3. The van der Waals surface area contributed by atoms with Gasteiger partial charge in [-0.15, -0.1) is 0 Å². The van der Waals surface area contributed by atoms with Gasteiger partial charge in [-0.1, -0.05) is 0 Å². The molecule has 0 spiro atoms. The molecule has 0 aliphatic heterocycles. The van der Waals surface area contributed by atoms with E-state index in [-0.39, 0.29) is 42.6 Å². The smallest absolute Gasteiger partial charge is 1.00 e. The topological polar surface area (TPSA) is 0 Å². The molecule has 0 N–H and O–H groups in total. The molecule has 0 nitrogen and oxygen atoms in total. The summed E-state index contributed by atoms with van der Waals surface area (Å²) in [6.45, 7) is 4.61. The van der Waals surface area contributed by atoms with Crippen molar-refractivity contribution in [2.45, 2.75) is 64.2 Å². The molecule has 1 aliphatic carbocycles. The average Bonchev–Trinajstić information content (AvgIpc) is 3.09. The summed E-state index contributed by atoms with van der Waals surface area (Å²) in [5.41, 5.74) is 6.18. The number of unbranched alkanes of at least 4 members (excludes halogenated alkanes) is 2. The Hall–Kier alpha value is -0.496. The van der Waals surface area contributed by atoms with Crippen LogP contribution in [0.4, 0.5) is 0 Å². The standard InChI is InChI=1S/C26H31.3ClH.Ti/c1-3-5-14-22-15-13-20-25(22)26(21-6-4-2,23-16-9-7-10-17-23)24-18-11-8-12-19-24;;;;/h7-13,16-19H,3-6,14,20-21H2,1-2H3;3*1H;/q;;;;+3/p-3. The molecule has 0 fully saturated rings. The number of benzene rings is 2. The fourth-order valence-corrected chi connectivity index (χ4v) is 5.12. The molecule has 4 heteroatoms. The quantitative estimate of drug-likeness (QED) is 0.370. The Morgan fingerprint density at radius 3 is 1.73 bits per heavy atom. The minimum absolute atomic E-state index is 0. The first-order valence-corrected chi connectivity index (χ1v) is 11.3.